The minimum atomic E-state index is -0.636. The van der Waals surface area contributed by atoms with E-state index in [1.54, 1.807) is 6.20 Å². The second kappa shape index (κ2) is 8.33. The summed E-state index contributed by atoms with van der Waals surface area (Å²) in [6.07, 6.45) is 2.25. The topological polar surface area (TPSA) is 70.1 Å². The van der Waals surface area contributed by atoms with Crippen molar-refractivity contribution in [3.63, 3.8) is 0 Å². The van der Waals surface area contributed by atoms with Gasteiger partial charge >= 0.3 is 0 Å². The molecular formula is C20H18BrF2N3O2S. The summed E-state index contributed by atoms with van der Waals surface area (Å²) in [6.45, 7) is 1.34. The highest BCUT2D eigenvalue weighted by Gasteiger charge is 2.25. The number of hydrogen-bond acceptors (Lipinski definition) is 5. The number of rotatable bonds is 6. The Hall–Kier alpha value is -2.10. The summed E-state index contributed by atoms with van der Waals surface area (Å²) < 4.78 is 35.4. The number of nitrogens with zero attached hydrogens (tertiary/aromatic N) is 2. The smallest absolute Gasteiger partial charge is 0.184 e. The molecule has 1 aromatic carbocycles. The van der Waals surface area contributed by atoms with E-state index >= 15 is 0 Å². The molecule has 2 aromatic heterocycles. The highest BCUT2D eigenvalue weighted by molar-refractivity contribution is 9.10. The van der Waals surface area contributed by atoms with Crippen LogP contribution in [0.2, 0.25) is 0 Å². The van der Waals surface area contributed by atoms with Gasteiger partial charge < -0.3 is 10.5 Å². The number of thiophene rings is 1. The van der Waals surface area contributed by atoms with Crippen LogP contribution < -0.4 is 10.5 Å². The number of ketones is 1. The summed E-state index contributed by atoms with van der Waals surface area (Å²) in [5, 5.41) is 5.01. The molecule has 1 atom stereocenters. The lowest BCUT2D eigenvalue weighted by Crippen LogP contribution is -2.20. The number of halogens is 3. The Bertz CT molecular complexity index is 1050. The average molecular weight is 482 g/mol. The summed E-state index contributed by atoms with van der Waals surface area (Å²) >= 11 is 4.81. The van der Waals surface area contributed by atoms with Gasteiger partial charge in [0, 0.05) is 12.5 Å². The van der Waals surface area contributed by atoms with Crippen LogP contribution in [0.25, 0.3) is 11.3 Å². The molecule has 3 aromatic rings. The summed E-state index contributed by atoms with van der Waals surface area (Å²) in [5.74, 6) is -1.56. The molecule has 29 heavy (non-hydrogen) atoms. The van der Waals surface area contributed by atoms with E-state index < -0.39 is 11.6 Å². The number of carbonyl (C=O) groups is 1. The van der Waals surface area contributed by atoms with Gasteiger partial charge in [0.25, 0.3) is 0 Å². The number of aromatic nitrogens is 2. The van der Waals surface area contributed by atoms with Crippen LogP contribution >= 0.6 is 27.3 Å². The third kappa shape index (κ3) is 4.26. The number of ether oxygens (including phenoxy) is 1. The maximum atomic E-state index is 13.4. The minimum absolute atomic E-state index is 0.0683. The van der Waals surface area contributed by atoms with E-state index in [1.165, 1.54) is 23.5 Å². The van der Waals surface area contributed by atoms with Crippen molar-refractivity contribution >= 4 is 33.0 Å². The first kappa shape index (κ1) is 20.2. The van der Waals surface area contributed by atoms with Crippen molar-refractivity contribution < 1.29 is 18.3 Å². The molecule has 0 spiro atoms. The maximum Gasteiger partial charge on any atom is 0.184 e. The van der Waals surface area contributed by atoms with Crippen LogP contribution in [0, 0.1) is 17.6 Å². The zero-order valence-electron chi connectivity index (χ0n) is 15.3. The first-order chi connectivity index (χ1) is 13.9. The first-order valence-corrected chi connectivity index (χ1v) is 10.7. The predicted molar refractivity (Wildman–Crippen MR) is 110 cm³/mol. The maximum absolute atomic E-state index is 13.4. The second-order valence-electron chi connectivity index (χ2n) is 6.94. The lowest BCUT2D eigenvalue weighted by atomic mass is 9.93. The van der Waals surface area contributed by atoms with E-state index in [9.17, 15) is 13.6 Å². The third-order valence-corrected chi connectivity index (χ3v) is 6.48. The molecule has 1 aliphatic heterocycles. The Balaban J connectivity index is 1.54. The van der Waals surface area contributed by atoms with Crippen molar-refractivity contribution in [3.8, 4) is 16.3 Å². The van der Waals surface area contributed by atoms with Crippen LogP contribution in [-0.4, -0.2) is 28.7 Å². The number of fused-ring (bicyclic) bond motifs is 3. The van der Waals surface area contributed by atoms with Gasteiger partial charge in [0.05, 0.1) is 33.3 Å². The highest BCUT2D eigenvalue weighted by atomic mass is 79.9. The number of benzene rings is 1. The van der Waals surface area contributed by atoms with E-state index in [4.69, 9.17) is 10.5 Å². The fraction of sp³-hybridized carbons (Fsp3) is 0.300. The van der Waals surface area contributed by atoms with Crippen molar-refractivity contribution in [2.24, 2.45) is 11.7 Å². The van der Waals surface area contributed by atoms with E-state index in [1.807, 2.05) is 10.7 Å². The Kier molecular flexibility index (Phi) is 5.80. The molecule has 0 bridgehead atoms. The minimum Gasteiger partial charge on any atom is -0.481 e. The van der Waals surface area contributed by atoms with Gasteiger partial charge in [-0.05, 0) is 58.6 Å². The molecule has 0 radical (unpaired) electrons. The Labute approximate surface area is 178 Å². The summed E-state index contributed by atoms with van der Waals surface area (Å²) in [4.78, 5) is 13.5. The molecule has 4 rings (SSSR count). The molecule has 152 valence electrons. The molecule has 0 saturated heterocycles. The molecule has 0 unspecified atom stereocenters. The molecule has 5 nitrogen and oxygen atoms in total. The van der Waals surface area contributed by atoms with E-state index in [0.29, 0.717) is 35.1 Å². The Morgan fingerprint density at radius 2 is 2.07 bits per heavy atom. The van der Waals surface area contributed by atoms with Crippen LogP contribution in [0.4, 0.5) is 8.78 Å². The van der Waals surface area contributed by atoms with Crippen molar-refractivity contribution in [1.29, 1.82) is 0 Å². The molecule has 9 heteroatoms. The van der Waals surface area contributed by atoms with E-state index in [-0.39, 0.29) is 24.7 Å². The zero-order valence-corrected chi connectivity index (χ0v) is 17.7. The van der Waals surface area contributed by atoms with Gasteiger partial charge in [-0.2, -0.15) is 5.10 Å². The van der Waals surface area contributed by atoms with Crippen molar-refractivity contribution in [1.82, 2.24) is 9.78 Å². The lowest BCUT2D eigenvalue weighted by molar-refractivity contribution is 0.0966. The molecule has 0 saturated carbocycles. The number of carbonyl (C=O) groups excluding carboxylic acids is 1. The van der Waals surface area contributed by atoms with Crippen LogP contribution in [0.5, 0.6) is 5.06 Å². The molecule has 0 aliphatic carbocycles. The molecule has 2 N–H and O–H groups in total. The summed E-state index contributed by atoms with van der Waals surface area (Å²) in [7, 11) is 0. The van der Waals surface area contributed by atoms with Crippen molar-refractivity contribution in [2.75, 3.05) is 13.2 Å². The monoisotopic (exact) mass is 481 g/mol. The number of nitrogens with two attached hydrogens (primary N) is 1. The molecule has 1 aliphatic rings. The van der Waals surface area contributed by atoms with Gasteiger partial charge in [-0.1, -0.05) is 11.3 Å². The number of Topliss-reactive ketones (excluding diaryl/α,β-unsaturated/α-hetero) is 1. The average Bonchev–Trinajstić information content (AvgIpc) is 3.19. The Morgan fingerprint density at radius 3 is 2.79 bits per heavy atom. The van der Waals surface area contributed by atoms with Crippen LogP contribution in [0.1, 0.15) is 21.7 Å². The molecule has 0 fully saturated rings. The lowest BCUT2D eigenvalue weighted by Gasteiger charge is -2.13. The van der Waals surface area contributed by atoms with Crippen molar-refractivity contribution in [2.45, 2.75) is 19.4 Å². The standard InChI is InChI=1S/C20H18BrF2N3O2S/c21-16-10-25-26-1-2-28-20-15(19(16)26)8-18(29-20)17(27)6-12(9-24)3-11-4-13(22)7-14(23)5-11/h4-5,7-8,10,12H,1-3,6,9,24H2/t12-/m1/s1. The van der Waals surface area contributed by atoms with E-state index in [0.717, 1.165) is 21.8 Å². The zero-order chi connectivity index (χ0) is 20.5. The SMILES string of the molecule is NC[C@@H](CC(=O)c1cc2c(s1)OCCn1ncc(Br)c1-2)Cc1cc(F)cc(F)c1. The predicted octanol–water partition coefficient (Wildman–Crippen LogP) is 4.44. The van der Waals surface area contributed by atoms with E-state index in [2.05, 4.69) is 21.0 Å². The van der Waals surface area contributed by atoms with Crippen LogP contribution in [0.3, 0.4) is 0 Å². The normalized spacial score (nSPS) is 13.9. The summed E-state index contributed by atoms with van der Waals surface area (Å²) in [5.41, 5.74) is 8.04. The number of hydrogen-bond donors (Lipinski definition) is 1. The fourth-order valence-corrected chi connectivity index (χ4v) is 4.96. The second-order valence-corrected chi connectivity index (χ2v) is 8.80. The molecular weight excluding hydrogens is 464 g/mol. The summed E-state index contributed by atoms with van der Waals surface area (Å²) in [6, 6.07) is 5.20. The quantitative estimate of drug-likeness (QED) is 0.528. The van der Waals surface area contributed by atoms with Gasteiger partial charge in [-0.3, -0.25) is 9.48 Å². The molecule has 0 amide bonds. The Morgan fingerprint density at radius 1 is 1.31 bits per heavy atom. The highest BCUT2D eigenvalue weighted by Crippen LogP contribution is 2.43. The van der Waals surface area contributed by atoms with Gasteiger partial charge in [-0.15, -0.1) is 0 Å². The van der Waals surface area contributed by atoms with Gasteiger partial charge in [0.2, 0.25) is 0 Å². The largest absolute Gasteiger partial charge is 0.481 e. The van der Waals surface area contributed by atoms with Crippen LogP contribution in [0.15, 0.2) is 34.9 Å². The van der Waals surface area contributed by atoms with Crippen LogP contribution in [-0.2, 0) is 13.0 Å². The third-order valence-electron chi connectivity index (χ3n) is 4.81. The molecule has 3 heterocycles. The fourth-order valence-electron chi connectivity index (χ4n) is 3.47. The van der Waals surface area contributed by atoms with Gasteiger partial charge in [0.1, 0.15) is 18.2 Å². The van der Waals surface area contributed by atoms with Crippen molar-refractivity contribution in [3.05, 3.63) is 57.0 Å². The van der Waals surface area contributed by atoms with Gasteiger partial charge in [-0.25, -0.2) is 8.78 Å². The van der Waals surface area contributed by atoms with Gasteiger partial charge in [0.15, 0.2) is 10.8 Å². The first-order valence-electron chi connectivity index (χ1n) is 9.11.